The minimum Gasteiger partial charge on any atom is -0.368 e. The minimum atomic E-state index is -0.825. The molecule has 5 heteroatoms. The van der Waals surface area contributed by atoms with Crippen molar-refractivity contribution in [3.8, 4) is 0 Å². The van der Waals surface area contributed by atoms with Crippen LogP contribution in [0.2, 0.25) is 0 Å². The van der Waals surface area contributed by atoms with Crippen molar-refractivity contribution in [1.29, 1.82) is 0 Å². The molecule has 0 radical (unpaired) electrons. The van der Waals surface area contributed by atoms with Gasteiger partial charge in [0, 0.05) is 25.0 Å². The number of nitrogens with one attached hydrogen (secondary N) is 1. The van der Waals surface area contributed by atoms with Crippen LogP contribution < -0.4 is 11.1 Å². The molecule has 5 nitrogen and oxygen atoms in total. The predicted molar refractivity (Wildman–Crippen MR) is 80.3 cm³/mol. The van der Waals surface area contributed by atoms with E-state index in [1.807, 2.05) is 47.3 Å². The highest BCUT2D eigenvalue weighted by atomic mass is 16.1. The van der Waals surface area contributed by atoms with Gasteiger partial charge in [-0.3, -0.25) is 14.8 Å². The lowest BCUT2D eigenvalue weighted by Gasteiger charge is -2.32. The molecular formula is C16H20N4O. The summed E-state index contributed by atoms with van der Waals surface area (Å²) in [6, 6.07) is 12.0. The third-order valence-corrected chi connectivity index (χ3v) is 3.99. The summed E-state index contributed by atoms with van der Waals surface area (Å²) < 4.78 is 1.83. The molecule has 1 aromatic carbocycles. The Labute approximate surface area is 124 Å². The van der Waals surface area contributed by atoms with Crippen molar-refractivity contribution in [3.05, 3.63) is 54.4 Å². The first-order valence-corrected chi connectivity index (χ1v) is 7.31. The lowest BCUT2D eigenvalue weighted by molar-refractivity contribution is -0.125. The Balaban J connectivity index is 1.89. The standard InChI is InChI=1S/C16H20N4O/c17-15(21)16(19-14-7-8-14,13-5-2-1-3-6-13)9-12-20-11-4-10-18-20/h1-6,10-11,14,19H,7-9,12H2,(H2,17,21). The average molecular weight is 284 g/mol. The number of nitrogens with zero attached hydrogens (tertiary/aromatic N) is 2. The second-order valence-corrected chi connectivity index (χ2v) is 5.57. The number of rotatable bonds is 7. The van der Waals surface area contributed by atoms with Crippen molar-refractivity contribution in [2.45, 2.75) is 37.4 Å². The summed E-state index contributed by atoms with van der Waals surface area (Å²) in [5.74, 6) is -0.326. The molecule has 2 aromatic rings. The van der Waals surface area contributed by atoms with Crippen LogP contribution in [0, 0.1) is 0 Å². The topological polar surface area (TPSA) is 72.9 Å². The molecule has 3 N–H and O–H groups in total. The molecule has 0 spiro atoms. The van der Waals surface area contributed by atoms with Gasteiger partial charge in [0.2, 0.25) is 5.91 Å². The average Bonchev–Trinajstić information content (AvgIpc) is 3.16. The van der Waals surface area contributed by atoms with E-state index in [0.29, 0.717) is 19.0 Å². The van der Waals surface area contributed by atoms with Crippen molar-refractivity contribution >= 4 is 5.91 Å². The second kappa shape index (κ2) is 5.69. The highest BCUT2D eigenvalue weighted by Gasteiger charge is 2.42. The molecule has 1 atom stereocenters. The number of aromatic nitrogens is 2. The zero-order valence-electron chi connectivity index (χ0n) is 11.9. The van der Waals surface area contributed by atoms with E-state index < -0.39 is 5.54 Å². The highest BCUT2D eigenvalue weighted by Crippen LogP contribution is 2.31. The van der Waals surface area contributed by atoms with Crippen LogP contribution in [0.4, 0.5) is 0 Å². The van der Waals surface area contributed by atoms with Crippen LogP contribution in [0.3, 0.4) is 0 Å². The molecule has 1 aromatic heterocycles. The van der Waals surface area contributed by atoms with Crippen LogP contribution in [-0.4, -0.2) is 21.7 Å². The first kappa shape index (κ1) is 13.8. The highest BCUT2D eigenvalue weighted by molar-refractivity contribution is 5.86. The Morgan fingerprint density at radius 3 is 2.67 bits per heavy atom. The monoisotopic (exact) mass is 284 g/mol. The van der Waals surface area contributed by atoms with Crippen molar-refractivity contribution < 1.29 is 4.79 Å². The van der Waals surface area contributed by atoms with E-state index in [2.05, 4.69) is 10.4 Å². The molecule has 110 valence electrons. The summed E-state index contributed by atoms with van der Waals surface area (Å²) in [6.45, 7) is 0.643. The molecule has 1 unspecified atom stereocenters. The molecular weight excluding hydrogens is 264 g/mol. The molecule has 0 aliphatic heterocycles. The number of amides is 1. The summed E-state index contributed by atoms with van der Waals surface area (Å²) >= 11 is 0. The maximum atomic E-state index is 12.3. The van der Waals surface area contributed by atoms with E-state index in [0.717, 1.165) is 18.4 Å². The maximum Gasteiger partial charge on any atom is 0.242 e. The number of nitrogens with two attached hydrogens (primary N) is 1. The lowest BCUT2D eigenvalue weighted by atomic mass is 9.85. The van der Waals surface area contributed by atoms with Gasteiger partial charge in [-0.05, 0) is 30.9 Å². The van der Waals surface area contributed by atoms with Crippen molar-refractivity contribution in [1.82, 2.24) is 15.1 Å². The fourth-order valence-electron chi connectivity index (χ4n) is 2.65. The van der Waals surface area contributed by atoms with Crippen LogP contribution in [0.1, 0.15) is 24.8 Å². The van der Waals surface area contributed by atoms with Gasteiger partial charge in [0.25, 0.3) is 0 Å². The number of hydrogen-bond acceptors (Lipinski definition) is 3. The summed E-state index contributed by atoms with van der Waals surface area (Å²) in [5, 5.41) is 7.67. The van der Waals surface area contributed by atoms with Crippen molar-refractivity contribution in [2.75, 3.05) is 0 Å². The molecule has 3 rings (SSSR count). The Morgan fingerprint density at radius 2 is 2.10 bits per heavy atom. The molecule has 1 aliphatic rings. The van der Waals surface area contributed by atoms with Gasteiger partial charge in [-0.2, -0.15) is 5.10 Å². The fraction of sp³-hybridized carbons (Fsp3) is 0.375. The summed E-state index contributed by atoms with van der Waals surface area (Å²) in [5.41, 5.74) is 5.89. The molecule has 1 heterocycles. The van der Waals surface area contributed by atoms with E-state index in [4.69, 9.17) is 5.73 Å². The molecule has 21 heavy (non-hydrogen) atoms. The quantitative estimate of drug-likeness (QED) is 0.807. The second-order valence-electron chi connectivity index (χ2n) is 5.57. The van der Waals surface area contributed by atoms with Crippen molar-refractivity contribution in [2.24, 2.45) is 5.73 Å². The number of aryl methyl sites for hydroxylation is 1. The first-order valence-electron chi connectivity index (χ1n) is 7.31. The van der Waals surface area contributed by atoms with Crippen LogP contribution in [0.5, 0.6) is 0 Å². The Bertz CT molecular complexity index is 592. The van der Waals surface area contributed by atoms with Gasteiger partial charge in [0.1, 0.15) is 5.54 Å². The Hall–Kier alpha value is -2.14. The van der Waals surface area contributed by atoms with E-state index in [9.17, 15) is 4.79 Å². The van der Waals surface area contributed by atoms with Crippen LogP contribution >= 0.6 is 0 Å². The number of hydrogen-bond donors (Lipinski definition) is 2. The zero-order valence-corrected chi connectivity index (χ0v) is 11.9. The van der Waals surface area contributed by atoms with Gasteiger partial charge in [-0.1, -0.05) is 30.3 Å². The smallest absolute Gasteiger partial charge is 0.242 e. The van der Waals surface area contributed by atoms with Gasteiger partial charge in [0.05, 0.1) is 0 Å². The normalized spacial score (nSPS) is 17.3. The molecule has 0 saturated heterocycles. The van der Waals surface area contributed by atoms with Crippen LogP contribution in [0.25, 0.3) is 0 Å². The largest absolute Gasteiger partial charge is 0.368 e. The Kier molecular flexibility index (Phi) is 3.75. The molecule has 1 amide bonds. The summed E-state index contributed by atoms with van der Waals surface area (Å²) in [7, 11) is 0. The van der Waals surface area contributed by atoms with E-state index in [-0.39, 0.29) is 5.91 Å². The number of benzene rings is 1. The van der Waals surface area contributed by atoms with Gasteiger partial charge in [-0.25, -0.2) is 0 Å². The number of primary amides is 1. The lowest BCUT2D eigenvalue weighted by Crippen LogP contribution is -2.54. The summed E-state index contributed by atoms with van der Waals surface area (Å²) in [4.78, 5) is 12.3. The predicted octanol–water partition coefficient (Wildman–Crippen LogP) is 1.41. The van der Waals surface area contributed by atoms with Crippen LogP contribution in [0.15, 0.2) is 48.8 Å². The molecule has 1 aliphatic carbocycles. The number of carbonyl (C=O) groups excluding carboxylic acids is 1. The van der Waals surface area contributed by atoms with E-state index in [1.165, 1.54) is 0 Å². The van der Waals surface area contributed by atoms with Crippen LogP contribution in [-0.2, 0) is 16.9 Å². The van der Waals surface area contributed by atoms with Gasteiger partial charge < -0.3 is 5.73 Å². The van der Waals surface area contributed by atoms with Gasteiger partial charge in [0.15, 0.2) is 0 Å². The maximum absolute atomic E-state index is 12.3. The van der Waals surface area contributed by atoms with Gasteiger partial charge >= 0.3 is 0 Å². The van der Waals surface area contributed by atoms with Gasteiger partial charge in [-0.15, -0.1) is 0 Å². The molecule has 0 bridgehead atoms. The number of carbonyl (C=O) groups is 1. The van der Waals surface area contributed by atoms with Crippen molar-refractivity contribution in [3.63, 3.8) is 0 Å². The third-order valence-electron chi connectivity index (χ3n) is 3.99. The zero-order chi connectivity index (χ0) is 14.7. The molecule has 1 fully saturated rings. The molecule has 1 saturated carbocycles. The fourth-order valence-corrected chi connectivity index (χ4v) is 2.65. The SMILES string of the molecule is NC(=O)C(CCn1cccn1)(NC1CC1)c1ccccc1. The van der Waals surface area contributed by atoms with E-state index >= 15 is 0 Å². The first-order chi connectivity index (χ1) is 10.2. The van der Waals surface area contributed by atoms with E-state index in [1.54, 1.807) is 6.20 Å². The summed E-state index contributed by atoms with van der Waals surface area (Å²) in [6.07, 6.45) is 6.43. The minimum absolute atomic E-state index is 0.326. The third kappa shape index (κ3) is 2.97. The Morgan fingerprint density at radius 1 is 1.33 bits per heavy atom.